The average Bonchev–Trinajstić information content (AvgIpc) is 3.16. The lowest BCUT2D eigenvalue weighted by Gasteiger charge is -2.07. The standard InChI is InChI=1S/C19H15FN6/c20-17-6-14(7-21-12-17)15-8-22-19(23-9-15)24-10-16-11-25-26-18(16)13-4-2-1-3-5-13/h1-9,11-12H,10H2,(H,25,26)(H,22,23,24). The second kappa shape index (κ2) is 7.10. The van der Waals surface area contributed by atoms with E-state index in [0.29, 0.717) is 23.6 Å². The third-order valence-electron chi connectivity index (χ3n) is 3.91. The summed E-state index contributed by atoms with van der Waals surface area (Å²) in [5.41, 5.74) is 4.38. The number of aromatic nitrogens is 5. The maximum Gasteiger partial charge on any atom is 0.222 e. The molecule has 1 aromatic carbocycles. The van der Waals surface area contributed by atoms with Gasteiger partial charge < -0.3 is 5.32 Å². The van der Waals surface area contributed by atoms with E-state index in [1.165, 1.54) is 6.07 Å². The van der Waals surface area contributed by atoms with Crippen LogP contribution in [0.25, 0.3) is 22.4 Å². The monoisotopic (exact) mass is 346 g/mol. The van der Waals surface area contributed by atoms with Crippen molar-refractivity contribution in [2.24, 2.45) is 0 Å². The normalized spacial score (nSPS) is 10.7. The fourth-order valence-electron chi connectivity index (χ4n) is 2.61. The molecule has 0 fully saturated rings. The van der Waals surface area contributed by atoms with Gasteiger partial charge in [0, 0.05) is 41.8 Å². The molecule has 4 aromatic rings. The number of halogens is 1. The van der Waals surface area contributed by atoms with E-state index < -0.39 is 5.82 Å². The summed E-state index contributed by atoms with van der Waals surface area (Å²) in [6.45, 7) is 0.529. The highest BCUT2D eigenvalue weighted by Gasteiger charge is 2.08. The van der Waals surface area contributed by atoms with Crippen LogP contribution < -0.4 is 5.32 Å². The van der Waals surface area contributed by atoms with E-state index in [9.17, 15) is 4.39 Å². The molecule has 0 radical (unpaired) electrons. The van der Waals surface area contributed by atoms with Gasteiger partial charge in [0.05, 0.1) is 18.1 Å². The van der Waals surface area contributed by atoms with Crippen LogP contribution in [0, 0.1) is 5.82 Å². The highest BCUT2D eigenvalue weighted by molar-refractivity contribution is 5.63. The molecule has 3 aromatic heterocycles. The summed E-state index contributed by atoms with van der Waals surface area (Å²) in [6.07, 6.45) is 7.79. The molecular formula is C19H15FN6. The van der Waals surface area contributed by atoms with Crippen molar-refractivity contribution in [2.75, 3.05) is 5.32 Å². The Labute approximate surface area is 149 Å². The second-order valence-electron chi connectivity index (χ2n) is 5.68. The molecule has 0 aliphatic carbocycles. The van der Waals surface area contributed by atoms with Crippen LogP contribution >= 0.6 is 0 Å². The predicted molar refractivity (Wildman–Crippen MR) is 96.6 cm³/mol. The van der Waals surface area contributed by atoms with E-state index in [4.69, 9.17) is 0 Å². The number of rotatable bonds is 5. The number of benzene rings is 1. The minimum Gasteiger partial charge on any atom is -0.350 e. The number of nitrogens with zero attached hydrogens (tertiary/aromatic N) is 4. The van der Waals surface area contributed by atoms with Gasteiger partial charge in [0.15, 0.2) is 0 Å². The Morgan fingerprint density at radius 2 is 1.69 bits per heavy atom. The minimum atomic E-state index is -0.391. The maximum absolute atomic E-state index is 13.3. The van der Waals surface area contributed by atoms with Gasteiger partial charge in [0.25, 0.3) is 0 Å². The van der Waals surface area contributed by atoms with Gasteiger partial charge in [0.1, 0.15) is 5.82 Å². The van der Waals surface area contributed by atoms with Crippen molar-refractivity contribution in [3.05, 3.63) is 78.8 Å². The van der Waals surface area contributed by atoms with Crippen LogP contribution in [0.4, 0.5) is 10.3 Å². The Hall–Kier alpha value is -3.61. The molecule has 0 saturated heterocycles. The lowest BCUT2D eigenvalue weighted by molar-refractivity contribution is 0.622. The fourth-order valence-corrected chi connectivity index (χ4v) is 2.61. The number of hydrogen-bond acceptors (Lipinski definition) is 5. The van der Waals surface area contributed by atoms with Gasteiger partial charge in [-0.25, -0.2) is 14.4 Å². The van der Waals surface area contributed by atoms with E-state index >= 15 is 0 Å². The number of anilines is 1. The summed E-state index contributed by atoms with van der Waals surface area (Å²) in [5.74, 6) is 0.0939. The first-order valence-electron chi connectivity index (χ1n) is 8.04. The van der Waals surface area contributed by atoms with Crippen molar-refractivity contribution < 1.29 is 4.39 Å². The van der Waals surface area contributed by atoms with E-state index in [1.54, 1.807) is 24.8 Å². The summed E-state index contributed by atoms with van der Waals surface area (Å²) >= 11 is 0. The first-order chi connectivity index (χ1) is 12.8. The molecule has 0 atom stereocenters. The molecule has 6 nitrogen and oxygen atoms in total. The van der Waals surface area contributed by atoms with Crippen molar-refractivity contribution in [3.63, 3.8) is 0 Å². The van der Waals surface area contributed by atoms with Crippen LogP contribution in [0.5, 0.6) is 0 Å². The summed E-state index contributed by atoms with van der Waals surface area (Å²) in [4.78, 5) is 12.4. The highest BCUT2D eigenvalue weighted by Crippen LogP contribution is 2.22. The molecule has 4 rings (SSSR count). The number of nitrogens with one attached hydrogen (secondary N) is 2. The van der Waals surface area contributed by atoms with Crippen molar-refractivity contribution in [3.8, 4) is 22.4 Å². The van der Waals surface area contributed by atoms with Crippen molar-refractivity contribution in [1.29, 1.82) is 0 Å². The number of hydrogen-bond donors (Lipinski definition) is 2. The van der Waals surface area contributed by atoms with Crippen LogP contribution in [0.3, 0.4) is 0 Å². The quantitative estimate of drug-likeness (QED) is 0.576. The summed E-state index contributed by atoms with van der Waals surface area (Å²) in [6, 6.07) is 11.4. The molecular weight excluding hydrogens is 331 g/mol. The van der Waals surface area contributed by atoms with Gasteiger partial charge in [-0.1, -0.05) is 30.3 Å². The third-order valence-corrected chi connectivity index (χ3v) is 3.91. The summed E-state index contributed by atoms with van der Waals surface area (Å²) in [5, 5.41) is 10.3. The Bertz CT molecular complexity index is 998. The molecule has 7 heteroatoms. The van der Waals surface area contributed by atoms with E-state index in [-0.39, 0.29) is 0 Å². The molecule has 0 spiro atoms. The number of H-pyrrole nitrogens is 1. The topological polar surface area (TPSA) is 79.4 Å². The zero-order valence-electron chi connectivity index (χ0n) is 13.7. The van der Waals surface area contributed by atoms with E-state index in [0.717, 1.165) is 23.0 Å². The number of pyridine rings is 1. The molecule has 128 valence electrons. The molecule has 2 N–H and O–H groups in total. The van der Waals surface area contributed by atoms with Crippen LogP contribution in [0.1, 0.15) is 5.56 Å². The first-order valence-corrected chi connectivity index (χ1v) is 8.04. The van der Waals surface area contributed by atoms with Gasteiger partial charge in [-0.3, -0.25) is 10.1 Å². The van der Waals surface area contributed by atoms with Crippen LogP contribution in [0.15, 0.2) is 67.4 Å². The molecule has 0 bridgehead atoms. The minimum absolute atomic E-state index is 0.391. The lowest BCUT2D eigenvalue weighted by atomic mass is 10.1. The summed E-state index contributed by atoms with van der Waals surface area (Å²) < 4.78 is 13.3. The van der Waals surface area contributed by atoms with Crippen LogP contribution in [-0.4, -0.2) is 25.1 Å². The molecule has 0 unspecified atom stereocenters. The van der Waals surface area contributed by atoms with Gasteiger partial charge in [-0.05, 0) is 11.6 Å². The van der Waals surface area contributed by atoms with Crippen molar-refractivity contribution in [2.45, 2.75) is 6.54 Å². The summed E-state index contributed by atoms with van der Waals surface area (Å²) in [7, 11) is 0. The highest BCUT2D eigenvalue weighted by atomic mass is 19.1. The first kappa shape index (κ1) is 15.9. The second-order valence-corrected chi connectivity index (χ2v) is 5.68. The Morgan fingerprint density at radius 3 is 2.46 bits per heavy atom. The molecule has 0 aliphatic heterocycles. The zero-order valence-corrected chi connectivity index (χ0v) is 13.7. The SMILES string of the molecule is Fc1cncc(-c2cnc(NCc3cn[nH]c3-c3ccccc3)nc2)c1. The fraction of sp³-hybridized carbons (Fsp3) is 0.0526. The zero-order chi connectivity index (χ0) is 17.8. The molecule has 0 aliphatic rings. The van der Waals surface area contributed by atoms with Crippen LogP contribution in [-0.2, 0) is 6.54 Å². The Balaban J connectivity index is 1.47. The lowest BCUT2D eigenvalue weighted by Crippen LogP contribution is -2.03. The van der Waals surface area contributed by atoms with Gasteiger partial charge in [-0.15, -0.1) is 0 Å². The maximum atomic E-state index is 13.3. The third kappa shape index (κ3) is 3.41. The number of aromatic amines is 1. The molecule has 0 amide bonds. The van der Waals surface area contributed by atoms with E-state index in [1.807, 2.05) is 30.3 Å². The van der Waals surface area contributed by atoms with Gasteiger partial charge >= 0.3 is 0 Å². The van der Waals surface area contributed by atoms with Crippen LogP contribution in [0.2, 0.25) is 0 Å². The molecule has 0 saturated carbocycles. The Kier molecular flexibility index (Phi) is 4.34. The average molecular weight is 346 g/mol. The Morgan fingerprint density at radius 1 is 0.885 bits per heavy atom. The van der Waals surface area contributed by atoms with E-state index in [2.05, 4.69) is 30.5 Å². The molecule has 26 heavy (non-hydrogen) atoms. The van der Waals surface area contributed by atoms with Crippen molar-refractivity contribution in [1.82, 2.24) is 25.1 Å². The smallest absolute Gasteiger partial charge is 0.222 e. The van der Waals surface area contributed by atoms with Gasteiger partial charge in [-0.2, -0.15) is 5.10 Å². The largest absolute Gasteiger partial charge is 0.350 e. The van der Waals surface area contributed by atoms with Gasteiger partial charge in [0.2, 0.25) is 5.95 Å². The van der Waals surface area contributed by atoms with Crippen molar-refractivity contribution >= 4 is 5.95 Å². The molecule has 3 heterocycles. The predicted octanol–water partition coefficient (Wildman–Crippen LogP) is 3.68.